The molecule has 6 heteroatoms. The van der Waals surface area contributed by atoms with E-state index in [1.54, 1.807) is 6.20 Å². The van der Waals surface area contributed by atoms with E-state index in [0.717, 1.165) is 29.8 Å². The van der Waals surface area contributed by atoms with E-state index in [4.69, 9.17) is 0 Å². The number of nitrogens with one attached hydrogen (secondary N) is 1. The number of carbonyl (C=O) groups excluding carboxylic acids is 2. The molecule has 6 nitrogen and oxygen atoms in total. The summed E-state index contributed by atoms with van der Waals surface area (Å²) >= 11 is 0. The van der Waals surface area contributed by atoms with Gasteiger partial charge in [0.25, 0.3) is 5.91 Å². The van der Waals surface area contributed by atoms with Crippen molar-refractivity contribution < 1.29 is 9.59 Å². The predicted octanol–water partition coefficient (Wildman–Crippen LogP) is 3.94. The lowest BCUT2D eigenvalue weighted by molar-refractivity contribution is -0.134. The van der Waals surface area contributed by atoms with Gasteiger partial charge in [0.2, 0.25) is 5.91 Å². The molecule has 0 spiro atoms. The van der Waals surface area contributed by atoms with Crippen LogP contribution in [0.4, 0.5) is 0 Å². The van der Waals surface area contributed by atoms with Crippen LogP contribution in [0.2, 0.25) is 0 Å². The number of aryl methyl sites for hydroxylation is 1. The van der Waals surface area contributed by atoms with Crippen molar-refractivity contribution in [3.63, 3.8) is 0 Å². The van der Waals surface area contributed by atoms with Gasteiger partial charge in [0.1, 0.15) is 0 Å². The van der Waals surface area contributed by atoms with Gasteiger partial charge in [-0.2, -0.15) is 5.10 Å². The van der Waals surface area contributed by atoms with Crippen molar-refractivity contribution in [2.45, 2.75) is 26.7 Å². The second-order valence-electron chi connectivity index (χ2n) is 8.45. The number of hydrogen-bond acceptors (Lipinski definition) is 3. The van der Waals surface area contributed by atoms with Crippen LogP contribution in [0.1, 0.15) is 35.0 Å². The largest absolute Gasteiger partial charge is 0.341 e. The van der Waals surface area contributed by atoms with Gasteiger partial charge < -0.3 is 9.80 Å². The lowest BCUT2D eigenvalue weighted by atomic mass is 9.95. The fourth-order valence-electron chi connectivity index (χ4n) is 4.36. The number of amides is 2. The third-order valence-corrected chi connectivity index (χ3v) is 6.13. The molecule has 32 heavy (non-hydrogen) atoms. The SMILES string of the molecule is CCCN1CCN(C(=O)c2cn[nH]c2C)C[C@@H](Cc2ccc(-c3ccccc3)cc2)C1=O. The number of aromatic amines is 1. The number of aromatic nitrogens is 2. The van der Waals surface area contributed by atoms with Crippen molar-refractivity contribution in [3.8, 4) is 11.1 Å². The van der Waals surface area contributed by atoms with Gasteiger partial charge in [-0.25, -0.2) is 0 Å². The highest BCUT2D eigenvalue weighted by atomic mass is 16.2. The third kappa shape index (κ3) is 4.74. The van der Waals surface area contributed by atoms with Gasteiger partial charge in [0.05, 0.1) is 17.7 Å². The van der Waals surface area contributed by atoms with E-state index in [-0.39, 0.29) is 17.7 Å². The van der Waals surface area contributed by atoms with Crippen molar-refractivity contribution in [2.24, 2.45) is 5.92 Å². The maximum absolute atomic E-state index is 13.3. The molecule has 1 atom stereocenters. The average Bonchev–Trinajstić information content (AvgIpc) is 3.19. The van der Waals surface area contributed by atoms with Crippen LogP contribution in [0.15, 0.2) is 60.8 Å². The molecule has 0 unspecified atom stereocenters. The minimum absolute atomic E-state index is 0.0631. The molecular weight excluding hydrogens is 400 g/mol. The van der Waals surface area contributed by atoms with Crippen molar-refractivity contribution in [3.05, 3.63) is 77.6 Å². The van der Waals surface area contributed by atoms with Crippen molar-refractivity contribution in [2.75, 3.05) is 26.2 Å². The topological polar surface area (TPSA) is 69.3 Å². The first-order chi connectivity index (χ1) is 15.6. The molecule has 166 valence electrons. The number of carbonyl (C=O) groups is 2. The summed E-state index contributed by atoms with van der Waals surface area (Å²) in [5.74, 6) is -0.187. The van der Waals surface area contributed by atoms with Gasteiger partial charge in [-0.15, -0.1) is 0 Å². The molecule has 1 N–H and O–H groups in total. The molecule has 2 aromatic carbocycles. The first kappa shape index (κ1) is 21.8. The summed E-state index contributed by atoms with van der Waals surface area (Å²) in [6.07, 6.45) is 3.09. The Hall–Kier alpha value is -3.41. The highest BCUT2D eigenvalue weighted by Crippen LogP contribution is 2.23. The first-order valence-corrected chi connectivity index (χ1v) is 11.3. The van der Waals surface area contributed by atoms with E-state index < -0.39 is 0 Å². The predicted molar refractivity (Wildman–Crippen MR) is 125 cm³/mol. The molecule has 4 rings (SSSR count). The molecule has 0 saturated carbocycles. The Morgan fingerprint density at radius 1 is 1.06 bits per heavy atom. The highest BCUT2D eigenvalue weighted by molar-refractivity contribution is 5.95. The summed E-state index contributed by atoms with van der Waals surface area (Å²) in [5, 5.41) is 6.83. The Morgan fingerprint density at radius 2 is 1.78 bits per heavy atom. The molecule has 1 aromatic heterocycles. The lowest BCUT2D eigenvalue weighted by Crippen LogP contribution is -2.38. The van der Waals surface area contributed by atoms with Crippen LogP contribution in [0, 0.1) is 12.8 Å². The number of H-pyrrole nitrogens is 1. The number of hydrogen-bond donors (Lipinski definition) is 1. The summed E-state index contributed by atoms with van der Waals surface area (Å²) in [6.45, 7) is 6.17. The zero-order valence-corrected chi connectivity index (χ0v) is 18.8. The molecule has 3 aromatic rings. The van der Waals surface area contributed by atoms with E-state index >= 15 is 0 Å². The van der Waals surface area contributed by atoms with Gasteiger partial charge in [0, 0.05) is 31.9 Å². The molecule has 2 amide bonds. The molecule has 1 saturated heterocycles. The van der Waals surface area contributed by atoms with Crippen LogP contribution < -0.4 is 0 Å². The average molecular weight is 431 g/mol. The van der Waals surface area contributed by atoms with E-state index in [1.165, 1.54) is 5.56 Å². The quantitative estimate of drug-likeness (QED) is 0.644. The van der Waals surface area contributed by atoms with Crippen LogP contribution in [-0.2, 0) is 11.2 Å². The van der Waals surface area contributed by atoms with Gasteiger partial charge in [-0.3, -0.25) is 14.7 Å². The van der Waals surface area contributed by atoms with Crippen LogP contribution in [0.25, 0.3) is 11.1 Å². The molecule has 1 aliphatic heterocycles. The fraction of sp³-hybridized carbons (Fsp3) is 0.346. The second-order valence-corrected chi connectivity index (χ2v) is 8.45. The Labute approximate surface area is 189 Å². The van der Waals surface area contributed by atoms with Gasteiger partial charge in [-0.1, -0.05) is 61.5 Å². The third-order valence-electron chi connectivity index (χ3n) is 6.13. The zero-order valence-electron chi connectivity index (χ0n) is 18.8. The molecular formula is C26H30N4O2. The fourth-order valence-corrected chi connectivity index (χ4v) is 4.36. The molecule has 1 fully saturated rings. The summed E-state index contributed by atoms with van der Waals surface area (Å²) in [4.78, 5) is 30.2. The van der Waals surface area contributed by atoms with E-state index in [9.17, 15) is 9.59 Å². The summed E-state index contributed by atoms with van der Waals surface area (Å²) in [5.41, 5.74) is 4.76. The Morgan fingerprint density at radius 3 is 2.44 bits per heavy atom. The Kier molecular flexibility index (Phi) is 6.69. The van der Waals surface area contributed by atoms with Gasteiger partial charge in [-0.05, 0) is 36.5 Å². The normalized spacial score (nSPS) is 16.8. The number of benzene rings is 2. The second kappa shape index (κ2) is 9.81. The van der Waals surface area contributed by atoms with E-state index in [2.05, 4.69) is 53.5 Å². The van der Waals surface area contributed by atoms with Gasteiger partial charge >= 0.3 is 0 Å². The van der Waals surface area contributed by atoms with Crippen LogP contribution in [0.3, 0.4) is 0 Å². The molecule has 0 bridgehead atoms. The highest BCUT2D eigenvalue weighted by Gasteiger charge is 2.33. The van der Waals surface area contributed by atoms with Crippen molar-refractivity contribution in [1.82, 2.24) is 20.0 Å². The van der Waals surface area contributed by atoms with Crippen LogP contribution in [-0.4, -0.2) is 58.0 Å². The number of nitrogens with zero attached hydrogens (tertiary/aromatic N) is 3. The van der Waals surface area contributed by atoms with Crippen LogP contribution >= 0.6 is 0 Å². The van der Waals surface area contributed by atoms with E-state index in [1.807, 2.05) is 34.9 Å². The Bertz CT molecular complexity index is 1060. The van der Waals surface area contributed by atoms with Crippen molar-refractivity contribution >= 4 is 11.8 Å². The maximum atomic E-state index is 13.3. The summed E-state index contributed by atoms with van der Waals surface area (Å²) < 4.78 is 0. The van der Waals surface area contributed by atoms with Gasteiger partial charge in [0.15, 0.2) is 0 Å². The minimum Gasteiger partial charge on any atom is -0.341 e. The smallest absolute Gasteiger partial charge is 0.257 e. The van der Waals surface area contributed by atoms with E-state index in [0.29, 0.717) is 31.6 Å². The first-order valence-electron chi connectivity index (χ1n) is 11.3. The number of rotatable bonds is 6. The molecule has 1 aliphatic rings. The molecule has 0 radical (unpaired) electrons. The maximum Gasteiger partial charge on any atom is 0.257 e. The summed E-state index contributed by atoms with van der Waals surface area (Å²) in [7, 11) is 0. The standard InChI is InChI=1S/C26H30N4O2/c1-3-13-29-14-15-30(26(32)24-17-27-28-19(24)2)18-23(25(29)31)16-20-9-11-22(12-10-20)21-7-5-4-6-8-21/h4-12,17,23H,3,13-16,18H2,1-2H3,(H,27,28)/t23-/m1/s1. The summed E-state index contributed by atoms with van der Waals surface area (Å²) in [6, 6.07) is 18.7. The Balaban J connectivity index is 1.54. The zero-order chi connectivity index (χ0) is 22.5. The van der Waals surface area contributed by atoms with Crippen molar-refractivity contribution in [1.29, 1.82) is 0 Å². The molecule has 0 aliphatic carbocycles. The minimum atomic E-state index is -0.261. The van der Waals surface area contributed by atoms with Crippen LogP contribution in [0.5, 0.6) is 0 Å². The lowest BCUT2D eigenvalue weighted by Gasteiger charge is -2.24. The monoisotopic (exact) mass is 430 g/mol. The molecule has 2 heterocycles.